The quantitative estimate of drug-likeness (QED) is 0.0621. The van der Waals surface area contributed by atoms with Gasteiger partial charge in [0.25, 0.3) is 0 Å². The van der Waals surface area contributed by atoms with E-state index in [0.717, 1.165) is 37.8 Å². The van der Waals surface area contributed by atoms with Crippen molar-refractivity contribution in [1.29, 1.82) is 0 Å². The third-order valence-corrected chi connectivity index (χ3v) is 11.1. The number of Topliss-reactive ketones (excluding diaryl/α,β-unsaturated/α-hetero) is 2. The lowest BCUT2D eigenvalue weighted by Gasteiger charge is -2.21. The molecule has 0 aliphatic carbocycles. The molecule has 1 heterocycles. The van der Waals surface area contributed by atoms with Crippen LogP contribution in [0.15, 0.2) is 15.4 Å². The fourth-order valence-electron chi connectivity index (χ4n) is 6.33. The molecule has 1 rings (SSSR count). The topological polar surface area (TPSA) is 216 Å². The zero-order valence-corrected chi connectivity index (χ0v) is 32.5. The van der Waals surface area contributed by atoms with Crippen molar-refractivity contribution in [3.63, 3.8) is 0 Å². The maximum absolute atomic E-state index is 12.7. The van der Waals surface area contributed by atoms with Crippen LogP contribution in [0.4, 0.5) is 0 Å². The Balaban J connectivity index is 2.02. The second-order valence-corrected chi connectivity index (χ2v) is 16.7. The minimum Gasteiger partial charge on any atom is -0.368 e. The molecule has 0 aromatic heterocycles. The van der Waals surface area contributed by atoms with Gasteiger partial charge in [-0.25, -0.2) is 8.42 Å². The number of nitrogens with one attached hydrogen (secondary N) is 2. The summed E-state index contributed by atoms with van der Waals surface area (Å²) >= 11 is 0. The number of amides is 2. The van der Waals surface area contributed by atoms with Crippen molar-refractivity contribution in [1.82, 2.24) is 10.6 Å². The van der Waals surface area contributed by atoms with Gasteiger partial charge in [0.1, 0.15) is 23.9 Å². The van der Waals surface area contributed by atoms with Gasteiger partial charge >= 0.3 is 0 Å². The Hall–Kier alpha value is -2.58. The lowest BCUT2D eigenvalue weighted by molar-refractivity contribution is -0.124. The standard InChI is InChI=1S/C37H69N7O6S/c1-30(2)36(37(39)48)41-28-34(46)31(23-24-38)19-16-17-25-40-35(47)22-18-26-51(49,50)29-33(45)21-15-13-11-9-7-5-3-4-6-8-10-12-14-20-32-27-42-44-43-32/h30-31,36,41H,3-29,38H2,1-2H3,(H2,39,48)(H,40,47)/t31-,36+/m1/s1. The first-order valence-electron chi connectivity index (χ1n) is 19.6. The molecule has 2 amide bonds. The third-order valence-electron chi connectivity index (χ3n) is 9.41. The highest BCUT2D eigenvalue weighted by atomic mass is 32.2. The van der Waals surface area contributed by atoms with E-state index >= 15 is 0 Å². The van der Waals surface area contributed by atoms with Gasteiger partial charge in [-0.1, -0.05) is 90.9 Å². The molecule has 0 radical (unpaired) electrons. The number of unbranched alkanes of at least 4 members (excludes halogenated alkanes) is 13. The Kier molecular flexibility index (Phi) is 26.4. The molecule has 0 saturated heterocycles. The van der Waals surface area contributed by atoms with Crippen molar-refractivity contribution in [2.24, 2.45) is 38.7 Å². The molecule has 14 heteroatoms. The van der Waals surface area contributed by atoms with Crippen LogP contribution < -0.4 is 22.1 Å². The summed E-state index contributed by atoms with van der Waals surface area (Å²) in [5.41, 5.74) is 12.2. The van der Waals surface area contributed by atoms with E-state index in [9.17, 15) is 27.6 Å². The first-order chi connectivity index (χ1) is 24.4. The van der Waals surface area contributed by atoms with Crippen LogP contribution in [0.2, 0.25) is 0 Å². The summed E-state index contributed by atoms with van der Waals surface area (Å²) in [4.78, 5) is 48.8. The molecule has 51 heavy (non-hydrogen) atoms. The van der Waals surface area contributed by atoms with E-state index in [1.807, 2.05) is 13.8 Å². The highest BCUT2D eigenvalue weighted by molar-refractivity contribution is 7.92. The van der Waals surface area contributed by atoms with Crippen LogP contribution in [0.5, 0.6) is 0 Å². The summed E-state index contributed by atoms with van der Waals surface area (Å²) in [6.45, 7) is 5.26. The van der Waals surface area contributed by atoms with Crippen molar-refractivity contribution in [2.45, 2.75) is 155 Å². The zero-order chi connectivity index (χ0) is 37.7. The van der Waals surface area contributed by atoms with Crippen LogP contribution >= 0.6 is 0 Å². The van der Waals surface area contributed by atoms with E-state index < -0.39 is 27.5 Å². The van der Waals surface area contributed by atoms with Gasteiger partial charge in [0.05, 0.1) is 24.1 Å². The molecule has 0 aromatic rings. The molecule has 294 valence electrons. The van der Waals surface area contributed by atoms with E-state index in [0.29, 0.717) is 51.7 Å². The Morgan fingerprint density at radius 2 is 1.39 bits per heavy atom. The number of primary amides is 1. The Labute approximate surface area is 307 Å². The second kappa shape index (κ2) is 28.9. The largest absolute Gasteiger partial charge is 0.368 e. The maximum atomic E-state index is 12.7. The Morgan fingerprint density at radius 3 is 1.94 bits per heavy atom. The number of hydrogen-bond donors (Lipinski definition) is 4. The number of nitrogens with two attached hydrogens (primary N) is 2. The number of nitrogens with zero attached hydrogens (tertiary/aromatic N) is 3. The molecule has 0 aromatic carbocycles. The average molecular weight is 740 g/mol. The first-order valence-corrected chi connectivity index (χ1v) is 21.4. The number of carbonyl (C=O) groups excluding carboxylic acids is 4. The second-order valence-electron chi connectivity index (χ2n) is 14.5. The monoisotopic (exact) mass is 740 g/mol. The van der Waals surface area contributed by atoms with Crippen LogP contribution in [0.1, 0.15) is 149 Å². The molecule has 6 N–H and O–H groups in total. The fourth-order valence-corrected chi connectivity index (χ4v) is 7.69. The van der Waals surface area contributed by atoms with Crippen LogP contribution in [-0.4, -0.2) is 81.2 Å². The summed E-state index contributed by atoms with van der Waals surface area (Å²) in [7, 11) is -3.54. The van der Waals surface area contributed by atoms with Gasteiger partial charge in [-0.05, 0) is 62.6 Å². The molecule has 0 unspecified atom stereocenters. The van der Waals surface area contributed by atoms with E-state index in [1.54, 1.807) is 0 Å². The van der Waals surface area contributed by atoms with Gasteiger partial charge in [0.15, 0.2) is 9.84 Å². The summed E-state index contributed by atoms with van der Waals surface area (Å²) < 4.78 is 24.8. The number of rotatable bonds is 35. The minimum absolute atomic E-state index is 0.0121. The highest BCUT2D eigenvalue weighted by Gasteiger charge is 2.23. The molecule has 0 fully saturated rings. The lowest BCUT2D eigenvalue weighted by atomic mass is 9.93. The van der Waals surface area contributed by atoms with Crippen molar-refractivity contribution < 1.29 is 27.6 Å². The number of carbonyl (C=O) groups is 4. The van der Waals surface area contributed by atoms with Crippen molar-refractivity contribution >= 4 is 38.9 Å². The van der Waals surface area contributed by atoms with E-state index in [2.05, 4.69) is 26.1 Å². The first kappa shape index (κ1) is 46.4. The van der Waals surface area contributed by atoms with E-state index in [1.165, 1.54) is 57.8 Å². The smallest absolute Gasteiger partial charge is 0.234 e. The Bertz CT molecular complexity index is 1180. The predicted molar refractivity (Wildman–Crippen MR) is 204 cm³/mol. The Morgan fingerprint density at radius 1 is 0.784 bits per heavy atom. The van der Waals surface area contributed by atoms with Crippen molar-refractivity contribution in [3.05, 3.63) is 0 Å². The highest BCUT2D eigenvalue weighted by Crippen LogP contribution is 2.16. The van der Waals surface area contributed by atoms with Crippen LogP contribution in [-0.2, 0) is 29.0 Å². The summed E-state index contributed by atoms with van der Waals surface area (Å²) in [6.07, 6.45) is 19.3. The van der Waals surface area contributed by atoms with Gasteiger partial charge in [-0.2, -0.15) is 5.11 Å². The normalized spacial score (nSPS) is 14.1. The van der Waals surface area contributed by atoms with Gasteiger partial charge in [0.2, 0.25) is 11.8 Å². The van der Waals surface area contributed by atoms with Gasteiger partial charge in [-0.3, -0.25) is 24.5 Å². The van der Waals surface area contributed by atoms with Crippen molar-refractivity contribution in [2.75, 3.05) is 37.7 Å². The molecule has 1 aliphatic rings. The van der Waals surface area contributed by atoms with Crippen molar-refractivity contribution in [3.8, 4) is 0 Å². The zero-order valence-electron chi connectivity index (χ0n) is 31.7. The third kappa shape index (κ3) is 25.1. The average Bonchev–Trinajstić information content (AvgIpc) is 3.59. The molecule has 0 bridgehead atoms. The number of hydrogen-bond acceptors (Lipinski definition) is 11. The summed E-state index contributed by atoms with van der Waals surface area (Å²) in [5, 5.41) is 17.3. The van der Waals surface area contributed by atoms with Crippen LogP contribution in [0, 0.1) is 11.8 Å². The summed E-state index contributed by atoms with van der Waals surface area (Å²) in [5.74, 6) is -1.87. The van der Waals surface area contributed by atoms with Gasteiger partial charge < -0.3 is 16.8 Å². The molecule has 13 nitrogen and oxygen atoms in total. The van der Waals surface area contributed by atoms with E-state index in [-0.39, 0.29) is 54.4 Å². The molecular formula is C37H69N7O6S. The molecule has 0 spiro atoms. The number of ketones is 2. The molecule has 1 aliphatic heterocycles. The van der Waals surface area contributed by atoms with Gasteiger partial charge in [-0.15, -0.1) is 5.10 Å². The SMILES string of the molecule is CC(C)[C@H](NCC(=O)[C@@H](CCN)CCCCNC(=O)CCCS(=O)(=O)CC(=O)CCCCCCCCCCCCCCCC1=NN=NC1)C(N)=O. The lowest BCUT2D eigenvalue weighted by Crippen LogP contribution is -2.47. The number of sulfone groups is 1. The minimum atomic E-state index is -3.54. The van der Waals surface area contributed by atoms with E-state index in [4.69, 9.17) is 11.5 Å². The van der Waals surface area contributed by atoms with Gasteiger partial charge in [0, 0.05) is 25.3 Å². The molecule has 2 atom stereocenters. The van der Waals surface area contributed by atoms with Crippen LogP contribution in [0.25, 0.3) is 0 Å². The maximum Gasteiger partial charge on any atom is 0.234 e. The summed E-state index contributed by atoms with van der Waals surface area (Å²) in [6, 6.07) is -0.572. The van der Waals surface area contributed by atoms with Crippen LogP contribution in [0.3, 0.4) is 0 Å². The molecule has 0 saturated carbocycles. The fraction of sp³-hybridized carbons (Fsp3) is 0.865. The molecular weight excluding hydrogens is 671 g/mol. The predicted octanol–water partition coefficient (Wildman–Crippen LogP) is 5.34.